The fourth-order valence-corrected chi connectivity index (χ4v) is 3.63. The molecule has 2 aliphatic heterocycles. The van der Waals surface area contributed by atoms with Crippen LogP contribution in [0.3, 0.4) is 0 Å². The quantitative estimate of drug-likeness (QED) is 0.845. The van der Waals surface area contributed by atoms with Crippen LogP contribution in [0.2, 0.25) is 0 Å². The molecule has 2 fully saturated rings. The lowest BCUT2D eigenvalue weighted by atomic mass is 9.80. The summed E-state index contributed by atoms with van der Waals surface area (Å²) in [4.78, 5) is 14.0. The first-order valence-corrected chi connectivity index (χ1v) is 8.48. The van der Waals surface area contributed by atoms with Gasteiger partial charge < -0.3 is 19.7 Å². The largest absolute Gasteiger partial charge is 0.444 e. The van der Waals surface area contributed by atoms with Crippen LogP contribution in [0.5, 0.6) is 0 Å². The van der Waals surface area contributed by atoms with Crippen molar-refractivity contribution < 1.29 is 14.3 Å². The Bertz CT molecular complexity index is 641. The van der Waals surface area contributed by atoms with E-state index in [-0.39, 0.29) is 12.1 Å². The van der Waals surface area contributed by atoms with Crippen molar-refractivity contribution in [1.29, 1.82) is 0 Å². The van der Waals surface area contributed by atoms with Gasteiger partial charge in [0.15, 0.2) is 0 Å². The molecule has 1 atom stereocenters. The number of hydrogen-bond donors (Lipinski definition) is 1. The molecule has 134 valence electrons. The summed E-state index contributed by atoms with van der Waals surface area (Å²) in [7, 11) is 1.95. The maximum Gasteiger partial charge on any atom is 0.410 e. The van der Waals surface area contributed by atoms with E-state index in [1.807, 2.05) is 39.4 Å². The summed E-state index contributed by atoms with van der Waals surface area (Å²) in [6.45, 7) is 12.3. The van der Waals surface area contributed by atoms with Crippen molar-refractivity contribution >= 4 is 6.09 Å². The highest BCUT2D eigenvalue weighted by molar-refractivity contribution is 5.70. The van der Waals surface area contributed by atoms with E-state index in [1.54, 1.807) is 4.90 Å². The zero-order chi connectivity index (χ0) is 17.7. The Balaban J connectivity index is 1.79. The highest BCUT2D eigenvalue weighted by Crippen LogP contribution is 2.41. The van der Waals surface area contributed by atoms with Gasteiger partial charge in [-0.25, -0.2) is 4.79 Å². The number of likely N-dealkylation sites (tertiary alicyclic amines) is 1. The highest BCUT2D eigenvalue weighted by Gasteiger charge is 2.55. The molecule has 1 spiro atoms. The number of aromatic nitrogens is 2. The first-order valence-electron chi connectivity index (χ1n) is 8.48. The molecule has 7 heteroatoms. The van der Waals surface area contributed by atoms with E-state index in [4.69, 9.17) is 9.47 Å². The maximum atomic E-state index is 12.3. The third-order valence-corrected chi connectivity index (χ3v) is 4.79. The van der Waals surface area contributed by atoms with E-state index >= 15 is 0 Å². The van der Waals surface area contributed by atoms with Gasteiger partial charge in [-0.05, 0) is 34.6 Å². The Kier molecular flexibility index (Phi) is 4.12. The summed E-state index contributed by atoms with van der Waals surface area (Å²) in [5.74, 6) is 0. The number of aryl methyl sites for hydroxylation is 2. The lowest BCUT2D eigenvalue weighted by molar-refractivity contribution is -0.176. The molecule has 3 heterocycles. The minimum atomic E-state index is -0.485. The van der Waals surface area contributed by atoms with Crippen molar-refractivity contribution in [2.45, 2.75) is 51.9 Å². The summed E-state index contributed by atoms with van der Waals surface area (Å²) in [5.41, 5.74) is 2.44. The van der Waals surface area contributed by atoms with Gasteiger partial charge in [-0.2, -0.15) is 5.10 Å². The molecule has 1 unspecified atom stereocenters. The van der Waals surface area contributed by atoms with E-state index in [0.717, 1.165) is 17.9 Å². The topological polar surface area (TPSA) is 68.6 Å². The predicted molar refractivity (Wildman–Crippen MR) is 89.9 cm³/mol. The van der Waals surface area contributed by atoms with Crippen molar-refractivity contribution in [2.75, 3.05) is 26.2 Å². The lowest BCUT2D eigenvalue weighted by Gasteiger charge is -2.55. The molecule has 1 N–H and O–H groups in total. The average molecular weight is 336 g/mol. The summed E-state index contributed by atoms with van der Waals surface area (Å²) in [5, 5.41) is 8.10. The van der Waals surface area contributed by atoms with Crippen LogP contribution in [0.1, 0.15) is 43.8 Å². The minimum Gasteiger partial charge on any atom is -0.444 e. The lowest BCUT2D eigenvalue weighted by Crippen LogP contribution is -2.72. The Morgan fingerprint density at radius 1 is 1.38 bits per heavy atom. The van der Waals surface area contributed by atoms with Crippen molar-refractivity contribution in [2.24, 2.45) is 7.05 Å². The molecule has 0 saturated carbocycles. The molecule has 0 aromatic carbocycles. The average Bonchev–Trinajstić information content (AvgIpc) is 2.67. The summed E-state index contributed by atoms with van der Waals surface area (Å²) >= 11 is 0. The van der Waals surface area contributed by atoms with Gasteiger partial charge in [0.2, 0.25) is 0 Å². The molecule has 3 rings (SSSR count). The number of nitrogens with zero attached hydrogens (tertiary/aromatic N) is 3. The van der Waals surface area contributed by atoms with Gasteiger partial charge >= 0.3 is 6.09 Å². The Labute approximate surface area is 143 Å². The summed E-state index contributed by atoms with van der Waals surface area (Å²) < 4.78 is 13.5. The van der Waals surface area contributed by atoms with Crippen LogP contribution >= 0.6 is 0 Å². The second kappa shape index (κ2) is 5.74. The number of nitrogens with one attached hydrogen (secondary N) is 1. The summed E-state index contributed by atoms with van der Waals surface area (Å²) in [6.07, 6.45) is -0.277. The van der Waals surface area contributed by atoms with Gasteiger partial charge in [-0.3, -0.25) is 4.68 Å². The number of carbonyl (C=O) groups is 1. The molecule has 0 aliphatic carbocycles. The highest BCUT2D eigenvalue weighted by atomic mass is 16.6. The molecule has 1 aromatic heterocycles. The van der Waals surface area contributed by atoms with E-state index < -0.39 is 11.2 Å². The van der Waals surface area contributed by atoms with Gasteiger partial charge in [0.1, 0.15) is 11.2 Å². The zero-order valence-corrected chi connectivity index (χ0v) is 15.5. The second-order valence-corrected chi connectivity index (χ2v) is 7.84. The van der Waals surface area contributed by atoms with Crippen LogP contribution in [0.25, 0.3) is 0 Å². The number of rotatable bonds is 1. The third kappa shape index (κ3) is 2.91. The third-order valence-electron chi connectivity index (χ3n) is 4.79. The SMILES string of the molecule is Cc1nn(C)c(C)c1C1NCCOC12CN(C(=O)OC(C)(C)C)C2. The minimum absolute atomic E-state index is 0.0404. The molecule has 2 aliphatic rings. The zero-order valence-electron chi connectivity index (χ0n) is 15.5. The molecule has 1 amide bonds. The van der Waals surface area contributed by atoms with Crippen LogP contribution < -0.4 is 5.32 Å². The predicted octanol–water partition coefficient (Wildman–Crippen LogP) is 1.69. The molecule has 2 saturated heterocycles. The monoisotopic (exact) mass is 336 g/mol. The second-order valence-electron chi connectivity index (χ2n) is 7.84. The van der Waals surface area contributed by atoms with Crippen LogP contribution in [0, 0.1) is 13.8 Å². The standard InChI is InChI=1S/C17H28N4O3/c1-11-13(12(2)20(6)19-11)14-17(23-8-7-18-14)9-21(10-17)15(22)24-16(3,4)5/h14,18H,7-10H2,1-6H3. The van der Waals surface area contributed by atoms with Crippen molar-refractivity contribution in [3.63, 3.8) is 0 Å². The van der Waals surface area contributed by atoms with Crippen LogP contribution in [0.15, 0.2) is 0 Å². The molecule has 1 aromatic rings. The number of amides is 1. The molecule has 24 heavy (non-hydrogen) atoms. The van der Waals surface area contributed by atoms with Gasteiger partial charge in [-0.1, -0.05) is 0 Å². The van der Waals surface area contributed by atoms with Gasteiger partial charge in [0, 0.05) is 24.8 Å². The Hall–Kier alpha value is -1.60. The number of ether oxygens (including phenoxy) is 2. The fourth-order valence-electron chi connectivity index (χ4n) is 3.63. The van der Waals surface area contributed by atoms with Crippen LogP contribution in [-0.4, -0.2) is 58.2 Å². The molecular weight excluding hydrogens is 308 g/mol. The molecule has 0 radical (unpaired) electrons. The first kappa shape index (κ1) is 17.2. The smallest absolute Gasteiger partial charge is 0.410 e. The van der Waals surface area contributed by atoms with Gasteiger partial charge in [0.25, 0.3) is 0 Å². The number of carbonyl (C=O) groups excluding carboxylic acids is 1. The normalized spacial score (nSPS) is 23.2. The summed E-state index contributed by atoms with van der Waals surface area (Å²) in [6, 6.07) is 0.0404. The van der Waals surface area contributed by atoms with E-state index in [0.29, 0.717) is 19.7 Å². The van der Waals surface area contributed by atoms with E-state index in [1.165, 1.54) is 5.56 Å². The van der Waals surface area contributed by atoms with Crippen molar-refractivity contribution in [3.8, 4) is 0 Å². The van der Waals surface area contributed by atoms with Crippen molar-refractivity contribution in [1.82, 2.24) is 20.0 Å². The maximum absolute atomic E-state index is 12.3. The number of hydrogen-bond acceptors (Lipinski definition) is 5. The van der Waals surface area contributed by atoms with E-state index in [9.17, 15) is 4.79 Å². The van der Waals surface area contributed by atoms with Gasteiger partial charge in [-0.15, -0.1) is 0 Å². The van der Waals surface area contributed by atoms with Crippen LogP contribution in [-0.2, 0) is 16.5 Å². The van der Waals surface area contributed by atoms with Crippen molar-refractivity contribution in [3.05, 3.63) is 17.0 Å². The molecule has 7 nitrogen and oxygen atoms in total. The Morgan fingerprint density at radius 2 is 2.04 bits per heavy atom. The number of morpholine rings is 1. The molecular formula is C17H28N4O3. The van der Waals surface area contributed by atoms with Gasteiger partial charge in [0.05, 0.1) is 31.4 Å². The molecule has 0 bridgehead atoms. The van der Waals surface area contributed by atoms with E-state index in [2.05, 4.69) is 17.3 Å². The first-order chi connectivity index (χ1) is 11.1. The van der Waals surface area contributed by atoms with Crippen LogP contribution in [0.4, 0.5) is 4.79 Å². The fraction of sp³-hybridized carbons (Fsp3) is 0.765. The Morgan fingerprint density at radius 3 is 2.58 bits per heavy atom.